The van der Waals surface area contributed by atoms with E-state index in [1.165, 1.54) is 0 Å². The van der Waals surface area contributed by atoms with Gasteiger partial charge in [-0.15, -0.1) is 0 Å². The Labute approximate surface area is 73.7 Å². The van der Waals surface area contributed by atoms with Gasteiger partial charge in [0.15, 0.2) is 0 Å². The van der Waals surface area contributed by atoms with Crippen LogP contribution in [0, 0.1) is 0 Å². The summed E-state index contributed by atoms with van der Waals surface area (Å²) >= 11 is -0.727. The van der Waals surface area contributed by atoms with Crippen LogP contribution >= 0.6 is 0 Å². The Kier molecular flexibility index (Phi) is 8.86. The molecule has 4 heteroatoms. The molecule has 1 aliphatic rings. The molecule has 9 heavy (non-hydrogen) atoms. The molecule has 0 bridgehead atoms. The molecule has 0 atom stereocenters. The zero-order chi connectivity index (χ0) is 5.11. The molecule has 1 aliphatic carbocycles. The third-order valence-electron chi connectivity index (χ3n) is 0.869. The Morgan fingerprint density at radius 1 is 1.44 bits per heavy atom. The third kappa shape index (κ3) is 3.93. The van der Waals surface area contributed by atoms with Crippen molar-refractivity contribution in [2.24, 2.45) is 0 Å². The first-order valence-corrected chi connectivity index (χ1v) is 3.39. The molecule has 0 saturated heterocycles. The van der Waals surface area contributed by atoms with E-state index in [1.54, 1.807) is 0 Å². The summed E-state index contributed by atoms with van der Waals surface area (Å²) < 4.78 is 11.2. The summed E-state index contributed by atoms with van der Waals surface area (Å²) in [5, 5.41) is 0. The molecular weight excluding hydrogens is 198 g/mol. The van der Waals surface area contributed by atoms with E-state index in [-0.39, 0.29) is 24.8 Å². The first-order chi connectivity index (χ1) is 3.43. The molecular formula is C5H5Cl2OV. The van der Waals surface area contributed by atoms with Crippen LogP contribution in [-0.2, 0) is 19.9 Å². The van der Waals surface area contributed by atoms with Gasteiger partial charge in [0.25, 0.3) is 0 Å². The van der Waals surface area contributed by atoms with Crippen molar-refractivity contribution < 1.29 is 44.7 Å². The van der Waals surface area contributed by atoms with Crippen LogP contribution in [0.3, 0.4) is 0 Å². The first-order valence-electron chi connectivity index (χ1n) is 2.12. The van der Waals surface area contributed by atoms with Gasteiger partial charge in [0.2, 0.25) is 0 Å². The van der Waals surface area contributed by atoms with Gasteiger partial charge in [0.1, 0.15) is 0 Å². The van der Waals surface area contributed by atoms with Gasteiger partial charge in [0.05, 0.1) is 0 Å². The molecule has 0 aromatic heterocycles. The Balaban J connectivity index is 0. The van der Waals surface area contributed by atoms with Crippen molar-refractivity contribution in [2.75, 3.05) is 0 Å². The molecule has 50 valence electrons. The maximum absolute atomic E-state index is 10.1. The van der Waals surface area contributed by atoms with E-state index in [0.717, 1.165) is 10.7 Å². The van der Waals surface area contributed by atoms with Crippen LogP contribution in [0.25, 0.3) is 0 Å². The molecule has 0 saturated carbocycles. The number of hydrogen-bond donors (Lipinski definition) is 0. The van der Waals surface area contributed by atoms with Crippen molar-refractivity contribution in [1.29, 1.82) is 0 Å². The van der Waals surface area contributed by atoms with Gasteiger partial charge in [-0.3, -0.25) is 0 Å². The summed E-state index contributed by atoms with van der Waals surface area (Å²) in [6.07, 6.45) is 6.81. The van der Waals surface area contributed by atoms with Gasteiger partial charge in [-0.1, -0.05) is 0 Å². The molecule has 0 heterocycles. The average Bonchev–Trinajstić information content (AvgIpc) is 2.14. The Morgan fingerprint density at radius 3 is 2.33 bits per heavy atom. The Hall–Kier alpha value is 0.444. The molecule has 0 amide bonds. The van der Waals surface area contributed by atoms with Gasteiger partial charge >= 0.3 is 48.8 Å². The molecule has 0 fully saturated rings. The minimum atomic E-state index is -0.727. The summed E-state index contributed by atoms with van der Waals surface area (Å²) in [6, 6.07) is 0. The van der Waals surface area contributed by atoms with E-state index >= 15 is 0 Å². The van der Waals surface area contributed by atoms with Crippen LogP contribution in [0.5, 0.6) is 0 Å². The topological polar surface area (TPSA) is 17.1 Å². The van der Waals surface area contributed by atoms with Gasteiger partial charge in [-0.05, 0) is 0 Å². The third-order valence-corrected chi connectivity index (χ3v) is 1.75. The fraction of sp³-hybridized carbons (Fsp3) is 0.200. The second-order valence-electron chi connectivity index (χ2n) is 1.38. The van der Waals surface area contributed by atoms with Crippen molar-refractivity contribution in [2.45, 2.75) is 6.42 Å². The van der Waals surface area contributed by atoms with Gasteiger partial charge in [-0.2, -0.15) is 0 Å². The van der Waals surface area contributed by atoms with Crippen molar-refractivity contribution in [3.8, 4) is 0 Å². The Bertz CT molecular complexity index is 142. The summed E-state index contributed by atoms with van der Waals surface area (Å²) in [5.41, 5.74) is 0. The molecule has 1 nitrogen and oxygen atoms in total. The van der Waals surface area contributed by atoms with Crippen molar-refractivity contribution in [1.82, 2.24) is 0 Å². The fourth-order valence-corrected chi connectivity index (χ4v) is 1.01. The van der Waals surface area contributed by atoms with Crippen LogP contribution in [0.2, 0.25) is 0 Å². The van der Waals surface area contributed by atoms with Crippen molar-refractivity contribution >= 4 is 0 Å². The van der Waals surface area contributed by atoms with E-state index in [0.29, 0.717) is 0 Å². The molecule has 0 aromatic rings. The summed E-state index contributed by atoms with van der Waals surface area (Å²) in [4.78, 5) is 0. The van der Waals surface area contributed by atoms with E-state index in [4.69, 9.17) is 0 Å². The zero-order valence-electron chi connectivity index (χ0n) is 4.55. The van der Waals surface area contributed by atoms with E-state index in [9.17, 15) is 3.67 Å². The minimum absolute atomic E-state index is 0. The van der Waals surface area contributed by atoms with Crippen LogP contribution in [0.15, 0.2) is 22.5 Å². The van der Waals surface area contributed by atoms with E-state index in [2.05, 4.69) is 0 Å². The molecule has 0 spiro atoms. The first kappa shape index (κ1) is 12.2. The average molecular weight is 203 g/mol. The maximum atomic E-state index is 10.1. The monoisotopic (exact) mass is 202 g/mol. The molecule has 0 radical (unpaired) electrons. The number of allylic oxidation sites excluding steroid dienone is 4. The number of rotatable bonds is 1. The van der Waals surface area contributed by atoms with Crippen molar-refractivity contribution in [3.63, 3.8) is 0 Å². The second-order valence-corrected chi connectivity index (χ2v) is 2.56. The van der Waals surface area contributed by atoms with Crippen molar-refractivity contribution in [3.05, 3.63) is 22.5 Å². The molecule has 0 N–H and O–H groups in total. The molecule has 0 unspecified atom stereocenters. The predicted molar refractivity (Wildman–Crippen MR) is 22.5 cm³/mol. The molecule has 0 aliphatic heterocycles. The fourth-order valence-electron chi connectivity index (χ4n) is 0.504. The van der Waals surface area contributed by atoms with Crippen LogP contribution in [0.4, 0.5) is 0 Å². The number of halogens is 2. The second kappa shape index (κ2) is 6.56. The predicted octanol–water partition coefficient (Wildman–Crippen LogP) is -4.73. The summed E-state index contributed by atoms with van der Waals surface area (Å²) in [6.45, 7) is 0. The zero-order valence-corrected chi connectivity index (χ0v) is 7.46. The van der Waals surface area contributed by atoms with Crippen LogP contribution < -0.4 is 24.8 Å². The van der Waals surface area contributed by atoms with E-state index < -0.39 is 16.2 Å². The van der Waals surface area contributed by atoms with Crippen LogP contribution in [-0.4, -0.2) is 0 Å². The van der Waals surface area contributed by atoms with Gasteiger partial charge < -0.3 is 24.8 Å². The van der Waals surface area contributed by atoms with Crippen LogP contribution in [0.1, 0.15) is 6.42 Å². The quantitative estimate of drug-likeness (QED) is 0.418. The SMILES string of the molecule is [Cl-].[Cl-].[O]=[V+2][C]1=CC=CC1. The van der Waals surface area contributed by atoms with Gasteiger partial charge in [0, 0.05) is 0 Å². The standard InChI is InChI=1S/C5H5.2ClH.O.V/c1-2-4-5-3-1;;;;/h1-3H,4H2;2*1H;;/q;;;;+2/p-2. The van der Waals surface area contributed by atoms with E-state index in [1.807, 2.05) is 18.2 Å². The Morgan fingerprint density at radius 2 is 2.11 bits per heavy atom. The van der Waals surface area contributed by atoms with Gasteiger partial charge in [-0.25, -0.2) is 0 Å². The molecule has 0 aromatic carbocycles. The normalized spacial score (nSPS) is 12.7. The molecule has 1 rings (SSSR count). The summed E-state index contributed by atoms with van der Waals surface area (Å²) in [7, 11) is 0. The number of hydrogen-bond acceptors (Lipinski definition) is 1. The summed E-state index contributed by atoms with van der Waals surface area (Å²) in [5.74, 6) is 0.